The molecule has 4 aromatic rings. The van der Waals surface area contributed by atoms with Gasteiger partial charge in [0, 0.05) is 45.0 Å². The molecule has 1 aromatic carbocycles. The average Bonchev–Trinajstić information content (AvgIpc) is 3.37. The third-order valence-electron chi connectivity index (χ3n) is 7.03. The highest BCUT2D eigenvalue weighted by Gasteiger charge is 2.31. The Hall–Kier alpha value is -3.71. The Labute approximate surface area is 226 Å². The molecule has 39 heavy (non-hydrogen) atoms. The molecule has 0 spiro atoms. The zero-order valence-electron chi connectivity index (χ0n) is 21.0. The predicted octanol–water partition coefficient (Wildman–Crippen LogP) is 3.95. The van der Waals surface area contributed by atoms with Crippen molar-refractivity contribution in [3.8, 4) is 10.6 Å². The van der Waals surface area contributed by atoms with Crippen LogP contribution in [0.5, 0.6) is 0 Å². The van der Waals surface area contributed by atoms with Crippen molar-refractivity contribution in [3.05, 3.63) is 58.5 Å². The number of aromatic amines is 1. The van der Waals surface area contributed by atoms with Crippen LogP contribution < -0.4 is 26.0 Å². The van der Waals surface area contributed by atoms with Crippen LogP contribution in [-0.2, 0) is 6.18 Å². The van der Waals surface area contributed by atoms with Gasteiger partial charge in [0.2, 0.25) is 5.95 Å². The standard InChI is InChI=1S/C26H27F3N8OS/c27-26(28,29)16-7-8-20(31-14-16)36-10-12-37(13-11-36)25-34-22(32-17-4-3-9-30-15-17)21(23(38)35-25)24-33-18-5-1-2-6-19(18)39-24/h1-2,5-8,14,17,30H,3-4,9-13,15H2,(H2,32,34,35,38). The van der Waals surface area contributed by atoms with E-state index in [-0.39, 0.29) is 11.6 Å². The van der Waals surface area contributed by atoms with Crippen molar-refractivity contribution in [2.45, 2.75) is 25.1 Å². The van der Waals surface area contributed by atoms with E-state index in [0.29, 0.717) is 54.3 Å². The van der Waals surface area contributed by atoms with E-state index in [0.717, 1.165) is 48.4 Å². The summed E-state index contributed by atoms with van der Waals surface area (Å²) in [5.41, 5.74) is 0.225. The lowest BCUT2D eigenvalue weighted by atomic mass is 10.1. The first-order valence-electron chi connectivity index (χ1n) is 12.9. The zero-order valence-corrected chi connectivity index (χ0v) is 21.8. The minimum atomic E-state index is -4.42. The number of H-pyrrole nitrogens is 1. The molecule has 3 aromatic heterocycles. The van der Waals surface area contributed by atoms with Crippen molar-refractivity contribution in [1.29, 1.82) is 0 Å². The van der Waals surface area contributed by atoms with Crippen LogP contribution in [0.4, 0.5) is 30.8 Å². The van der Waals surface area contributed by atoms with Gasteiger partial charge in [-0.3, -0.25) is 9.78 Å². The van der Waals surface area contributed by atoms with Crippen molar-refractivity contribution < 1.29 is 13.2 Å². The largest absolute Gasteiger partial charge is 0.417 e. The normalized spacial score (nSPS) is 18.5. The van der Waals surface area contributed by atoms with Crippen molar-refractivity contribution in [1.82, 2.24) is 25.3 Å². The number of anilines is 3. The molecule has 2 aliphatic heterocycles. The van der Waals surface area contributed by atoms with Crippen LogP contribution in [0.15, 0.2) is 47.4 Å². The molecule has 0 bridgehead atoms. The van der Waals surface area contributed by atoms with Gasteiger partial charge in [-0.25, -0.2) is 9.97 Å². The fourth-order valence-electron chi connectivity index (χ4n) is 4.95. The van der Waals surface area contributed by atoms with Gasteiger partial charge in [-0.2, -0.15) is 18.2 Å². The molecular formula is C26H27F3N8OS. The Kier molecular flexibility index (Phi) is 6.85. The highest BCUT2D eigenvalue weighted by molar-refractivity contribution is 7.21. The average molecular weight is 557 g/mol. The molecule has 9 nitrogen and oxygen atoms in total. The number of alkyl halides is 3. The topological polar surface area (TPSA) is 102 Å². The fourth-order valence-corrected chi connectivity index (χ4v) is 5.96. The molecule has 0 amide bonds. The second-order valence-corrected chi connectivity index (χ2v) is 10.7. The van der Waals surface area contributed by atoms with Gasteiger partial charge in [0.1, 0.15) is 22.2 Å². The lowest BCUT2D eigenvalue weighted by Gasteiger charge is -2.36. The molecule has 3 N–H and O–H groups in total. The Bertz CT molecular complexity index is 1470. The maximum absolute atomic E-state index is 13.5. The second kappa shape index (κ2) is 10.5. The number of halogens is 3. The quantitative estimate of drug-likeness (QED) is 0.340. The highest BCUT2D eigenvalue weighted by atomic mass is 32.1. The van der Waals surface area contributed by atoms with E-state index in [9.17, 15) is 18.0 Å². The SMILES string of the molecule is O=c1[nH]c(N2CCN(c3ccc(C(F)(F)F)cn3)CC2)nc(NC2CCCNC2)c1-c1nc2ccccc2s1. The summed E-state index contributed by atoms with van der Waals surface area (Å²) >= 11 is 1.46. The molecule has 2 aliphatic rings. The summed E-state index contributed by atoms with van der Waals surface area (Å²) in [6, 6.07) is 10.4. The minimum absolute atomic E-state index is 0.136. The van der Waals surface area contributed by atoms with E-state index in [4.69, 9.17) is 9.97 Å². The molecule has 0 aliphatic carbocycles. The van der Waals surface area contributed by atoms with Crippen LogP contribution in [0.3, 0.4) is 0 Å². The van der Waals surface area contributed by atoms with Gasteiger partial charge in [-0.15, -0.1) is 11.3 Å². The number of piperidine rings is 1. The van der Waals surface area contributed by atoms with E-state index in [1.807, 2.05) is 34.1 Å². The third kappa shape index (κ3) is 5.41. The zero-order chi connectivity index (χ0) is 27.0. The van der Waals surface area contributed by atoms with Gasteiger partial charge in [0.15, 0.2) is 0 Å². The van der Waals surface area contributed by atoms with Gasteiger partial charge < -0.3 is 20.4 Å². The number of hydrogen-bond acceptors (Lipinski definition) is 9. The van der Waals surface area contributed by atoms with Crippen LogP contribution >= 0.6 is 11.3 Å². The molecule has 1 atom stereocenters. The van der Waals surface area contributed by atoms with Crippen molar-refractivity contribution >= 4 is 39.1 Å². The summed E-state index contributed by atoms with van der Waals surface area (Å²) in [7, 11) is 0. The monoisotopic (exact) mass is 556 g/mol. The Morgan fingerprint density at radius 3 is 2.51 bits per heavy atom. The molecule has 5 heterocycles. The van der Waals surface area contributed by atoms with Crippen LogP contribution in [0.2, 0.25) is 0 Å². The molecular weight excluding hydrogens is 529 g/mol. The molecule has 2 saturated heterocycles. The molecule has 1 unspecified atom stereocenters. The molecule has 0 radical (unpaired) electrons. The summed E-state index contributed by atoms with van der Waals surface area (Å²) in [5, 5.41) is 7.50. The lowest BCUT2D eigenvalue weighted by Crippen LogP contribution is -2.48. The van der Waals surface area contributed by atoms with Crippen molar-refractivity contribution in [3.63, 3.8) is 0 Å². The number of benzene rings is 1. The van der Waals surface area contributed by atoms with E-state index in [1.54, 1.807) is 0 Å². The first kappa shape index (κ1) is 25.6. The minimum Gasteiger partial charge on any atom is -0.365 e. The molecule has 13 heteroatoms. The van der Waals surface area contributed by atoms with E-state index < -0.39 is 11.7 Å². The highest BCUT2D eigenvalue weighted by Crippen LogP contribution is 2.33. The number of pyridine rings is 1. The molecule has 6 rings (SSSR count). The summed E-state index contributed by atoms with van der Waals surface area (Å²) < 4.78 is 39.7. The number of nitrogens with zero attached hydrogens (tertiary/aromatic N) is 5. The fraction of sp³-hybridized carbons (Fsp3) is 0.385. The Morgan fingerprint density at radius 2 is 1.82 bits per heavy atom. The molecule has 0 saturated carbocycles. The van der Waals surface area contributed by atoms with Gasteiger partial charge in [0.25, 0.3) is 5.56 Å². The maximum Gasteiger partial charge on any atom is 0.417 e. The molecule has 204 valence electrons. The van der Waals surface area contributed by atoms with E-state index in [2.05, 4.69) is 20.6 Å². The summed E-state index contributed by atoms with van der Waals surface area (Å²) in [6.07, 6.45) is -1.56. The van der Waals surface area contributed by atoms with Gasteiger partial charge in [0.05, 0.1) is 15.8 Å². The lowest BCUT2D eigenvalue weighted by molar-refractivity contribution is -0.137. The number of para-hydroxylation sites is 1. The number of aromatic nitrogens is 4. The number of hydrogen-bond donors (Lipinski definition) is 3. The van der Waals surface area contributed by atoms with Crippen molar-refractivity contribution in [2.24, 2.45) is 0 Å². The first-order chi connectivity index (χ1) is 18.8. The van der Waals surface area contributed by atoms with Crippen LogP contribution in [-0.4, -0.2) is 65.2 Å². The van der Waals surface area contributed by atoms with E-state index >= 15 is 0 Å². The summed E-state index contributed by atoms with van der Waals surface area (Å²) in [6.45, 7) is 3.85. The maximum atomic E-state index is 13.5. The number of fused-ring (bicyclic) bond motifs is 1. The Morgan fingerprint density at radius 1 is 1.03 bits per heavy atom. The Balaban J connectivity index is 1.26. The van der Waals surface area contributed by atoms with Gasteiger partial charge >= 0.3 is 6.18 Å². The van der Waals surface area contributed by atoms with Gasteiger partial charge in [-0.1, -0.05) is 12.1 Å². The van der Waals surface area contributed by atoms with Crippen LogP contribution in [0, 0.1) is 0 Å². The number of piperazine rings is 1. The number of thiazole rings is 1. The molecule has 2 fully saturated rings. The van der Waals surface area contributed by atoms with Crippen LogP contribution in [0.1, 0.15) is 18.4 Å². The van der Waals surface area contributed by atoms with E-state index in [1.165, 1.54) is 17.4 Å². The van der Waals surface area contributed by atoms with Gasteiger partial charge in [-0.05, 0) is 43.7 Å². The smallest absolute Gasteiger partial charge is 0.365 e. The van der Waals surface area contributed by atoms with Crippen molar-refractivity contribution in [2.75, 3.05) is 54.4 Å². The van der Waals surface area contributed by atoms with Crippen LogP contribution in [0.25, 0.3) is 20.8 Å². The summed E-state index contributed by atoms with van der Waals surface area (Å²) in [5.74, 6) is 1.45. The number of nitrogens with one attached hydrogen (secondary N) is 3. The number of rotatable bonds is 5. The third-order valence-corrected chi connectivity index (χ3v) is 8.08. The predicted molar refractivity (Wildman–Crippen MR) is 147 cm³/mol. The first-order valence-corrected chi connectivity index (χ1v) is 13.7. The second-order valence-electron chi connectivity index (χ2n) is 9.66. The summed E-state index contributed by atoms with van der Waals surface area (Å²) in [4.78, 5) is 34.0.